The molecule has 19 heavy (non-hydrogen) atoms. The van der Waals surface area contributed by atoms with Crippen LogP contribution in [0.2, 0.25) is 0 Å². The normalized spacial score (nSPS) is 19.6. The molecule has 1 amide bonds. The number of hydrogen-bond acceptors (Lipinski definition) is 5. The third-order valence-electron chi connectivity index (χ3n) is 3.19. The fourth-order valence-corrected chi connectivity index (χ4v) is 2.82. The average Bonchev–Trinajstić information content (AvgIpc) is 2.82. The fourth-order valence-electron chi connectivity index (χ4n) is 2.26. The maximum atomic E-state index is 12.2. The van der Waals surface area contributed by atoms with Crippen LogP contribution < -0.4 is 5.73 Å². The molecule has 0 spiro atoms. The first-order valence-corrected chi connectivity index (χ1v) is 7.66. The van der Waals surface area contributed by atoms with Crippen molar-refractivity contribution in [3.05, 3.63) is 11.1 Å². The molecule has 0 saturated carbocycles. The molecule has 0 aromatic carbocycles. The Balaban J connectivity index is 1.84. The quantitative estimate of drug-likeness (QED) is 0.893. The first kappa shape index (κ1) is 14.3. The van der Waals surface area contributed by atoms with Gasteiger partial charge in [-0.3, -0.25) is 4.79 Å². The molecule has 1 fully saturated rings. The minimum absolute atomic E-state index is 0.120. The van der Waals surface area contributed by atoms with Crippen molar-refractivity contribution in [2.75, 3.05) is 25.4 Å². The van der Waals surface area contributed by atoms with E-state index < -0.39 is 0 Å². The van der Waals surface area contributed by atoms with Crippen LogP contribution in [0.3, 0.4) is 0 Å². The summed E-state index contributed by atoms with van der Waals surface area (Å²) >= 11 is 1.38. The largest absolute Gasteiger partial charge is 0.376 e. The number of thiazole rings is 1. The highest BCUT2D eigenvalue weighted by atomic mass is 32.1. The first-order valence-electron chi connectivity index (χ1n) is 6.78. The van der Waals surface area contributed by atoms with E-state index in [0.29, 0.717) is 18.1 Å². The molecule has 1 unspecified atom stereocenters. The van der Waals surface area contributed by atoms with Crippen LogP contribution in [0, 0.1) is 0 Å². The van der Waals surface area contributed by atoms with Gasteiger partial charge in [0.15, 0.2) is 5.13 Å². The van der Waals surface area contributed by atoms with Crippen LogP contribution in [0.4, 0.5) is 5.13 Å². The molecule has 1 atom stereocenters. The number of nitrogens with two attached hydrogens (primary N) is 1. The first-order chi connectivity index (χ1) is 9.19. The highest BCUT2D eigenvalue weighted by Crippen LogP contribution is 2.16. The lowest BCUT2D eigenvalue weighted by atomic mass is 10.1. The van der Waals surface area contributed by atoms with E-state index in [0.717, 1.165) is 38.1 Å². The number of piperidine rings is 1. The number of aromatic nitrogens is 1. The molecule has 0 aliphatic carbocycles. The lowest BCUT2D eigenvalue weighted by molar-refractivity contribution is -0.134. The maximum absolute atomic E-state index is 12.2. The van der Waals surface area contributed by atoms with Crippen LogP contribution in [-0.2, 0) is 16.0 Å². The molecule has 2 N–H and O–H groups in total. The molecule has 5 nitrogen and oxygen atoms in total. The number of likely N-dealkylation sites (tertiary alicyclic amines) is 1. The summed E-state index contributed by atoms with van der Waals surface area (Å²) in [6.45, 7) is 4.40. The molecule has 1 aromatic heterocycles. The summed E-state index contributed by atoms with van der Waals surface area (Å²) in [6, 6.07) is 0. The van der Waals surface area contributed by atoms with E-state index >= 15 is 0 Å². The van der Waals surface area contributed by atoms with Gasteiger partial charge in [-0.1, -0.05) is 6.92 Å². The summed E-state index contributed by atoms with van der Waals surface area (Å²) in [5, 5.41) is 2.37. The SMILES string of the molecule is CCCOC1CCCN(C(=O)Cc2csc(N)n2)C1. The van der Waals surface area contributed by atoms with Crippen LogP contribution >= 0.6 is 11.3 Å². The Labute approximate surface area is 117 Å². The summed E-state index contributed by atoms with van der Waals surface area (Å²) < 4.78 is 5.74. The van der Waals surface area contributed by atoms with Gasteiger partial charge in [0.05, 0.1) is 18.2 Å². The van der Waals surface area contributed by atoms with Gasteiger partial charge in [-0.15, -0.1) is 11.3 Å². The molecule has 0 bridgehead atoms. The summed E-state index contributed by atoms with van der Waals surface area (Å²) in [5.41, 5.74) is 6.34. The van der Waals surface area contributed by atoms with Crippen LogP contribution in [0.25, 0.3) is 0 Å². The predicted molar refractivity (Wildman–Crippen MR) is 76.1 cm³/mol. The predicted octanol–water partition coefficient (Wildman–Crippen LogP) is 1.69. The lowest BCUT2D eigenvalue weighted by Crippen LogP contribution is -2.44. The number of carbonyl (C=O) groups is 1. The molecule has 2 heterocycles. The number of nitrogen functional groups attached to an aromatic ring is 1. The minimum atomic E-state index is 0.120. The molecule has 6 heteroatoms. The van der Waals surface area contributed by atoms with Crippen molar-refractivity contribution >= 4 is 22.4 Å². The number of carbonyl (C=O) groups excluding carboxylic acids is 1. The van der Waals surface area contributed by atoms with E-state index in [2.05, 4.69) is 11.9 Å². The Bertz CT molecular complexity index is 422. The zero-order chi connectivity index (χ0) is 13.7. The highest BCUT2D eigenvalue weighted by Gasteiger charge is 2.24. The van der Waals surface area contributed by atoms with Crippen molar-refractivity contribution in [1.29, 1.82) is 0 Å². The zero-order valence-corrected chi connectivity index (χ0v) is 12.1. The van der Waals surface area contributed by atoms with E-state index in [1.54, 1.807) is 0 Å². The highest BCUT2D eigenvalue weighted by molar-refractivity contribution is 7.13. The molecule has 2 rings (SSSR count). The summed E-state index contributed by atoms with van der Waals surface area (Å²) in [4.78, 5) is 18.2. The second-order valence-corrected chi connectivity index (χ2v) is 5.72. The topological polar surface area (TPSA) is 68.5 Å². The maximum Gasteiger partial charge on any atom is 0.228 e. The Morgan fingerprint density at radius 1 is 1.68 bits per heavy atom. The van der Waals surface area contributed by atoms with Crippen molar-refractivity contribution in [2.24, 2.45) is 0 Å². The van der Waals surface area contributed by atoms with Gasteiger partial charge in [0.2, 0.25) is 5.91 Å². The number of hydrogen-bond donors (Lipinski definition) is 1. The smallest absolute Gasteiger partial charge is 0.228 e. The van der Waals surface area contributed by atoms with Gasteiger partial charge in [-0.05, 0) is 19.3 Å². The lowest BCUT2D eigenvalue weighted by Gasteiger charge is -2.32. The Kier molecular flexibility index (Phi) is 5.15. The molecule has 106 valence electrons. The van der Waals surface area contributed by atoms with Gasteiger partial charge in [0, 0.05) is 25.1 Å². The van der Waals surface area contributed by atoms with Gasteiger partial charge < -0.3 is 15.4 Å². The summed E-state index contributed by atoms with van der Waals surface area (Å²) in [6.07, 6.45) is 3.61. The summed E-state index contributed by atoms with van der Waals surface area (Å²) in [7, 11) is 0. The monoisotopic (exact) mass is 283 g/mol. The van der Waals surface area contributed by atoms with Gasteiger partial charge in [-0.25, -0.2) is 4.98 Å². The van der Waals surface area contributed by atoms with Gasteiger partial charge in [0.25, 0.3) is 0 Å². The third-order valence-corrected chi connectivity index (χ3v) is 3.91. The number of amides is 1. The summed E-state index contributed by atoms with van der Waals surface area (Å²) in [5.74, 6) is 0.120. The van der Waals surface area contributed by atoms with Gasteiger partial charge >= 0.3 is 0 Å². The Morgan fingerprint density at radius 2 is 2.53 bits per heavy atom. The van der Waals surface area contributed by atoms with Gasteiger partial charge in [0.1, 0.15) is 0 Å². The fraction of sp³-hybridized carbons (Fsp3) is 0.692. The molecule has 1 aromatic rings. The van der Waals surface area contributed by atoms with Crippen LogP contribution in [0.5, 0.6) is 0 Å². The Hall–Kier alpha value is -1.14. The molecule has 1 aliphatic heterocycles. The van der Waals surface area contributed by atoms with Crippen LogP contribution in [0.1, 0.15) is 31.9 Å². The van der Waals surface area contributed by atoms with Crippen molar-refractivity contribution in [3.8, 4) is 0 Å². The van der Waals surface area contributed by atoms with Gasteiger partial charge in [-0.2, -0.15) is 0 Å². The number of ether oxygens (including phenoxy) is 1. The minimum Gasteiger partial charge on any atom is -0.376 e. The zero-order valence-electron chi connectivity index (χ0n) is 11.3. The van der Waals surface area contributed by atoms with E-state index in [1.807, 2.05) is 10.3 Å². The van der Waals surface area contributed by atoms with Crippen molar-refractivity contribution < 1.29 is 9.53 Å². The second kappa shape index (κ2) is 6.86. The molecule has 1 aliphatic rings. The second-order valence-electron chi connectivity index (χ2n) is 4.83. The molecule has 0 radical (unpaired) electrons. The van der Waals surface area contributed by atoms with Crippen molar-refractivity contribution in [3.63, 3.8) is 0 Å². The standard InChI is InChI=1S/C13H21N3O2S/c1-2-6-18-11-4-3-5-16(8-11)12(17)7-10-9-19-13(14)15-10/h9,11H,2-8H2,1H3,(H2,14,15). The molecule has 1 saturated heterocycles. The van der Waals surface area contributed by atoms with E-state index in [4.69, 9.17) is 10.5 Å². The van der Waals surface area contributed by atoms with E-state index in [9.17, 15) is 4.79 Å². The van der Waals surface area contributed by atoms with Crippen LogP contribution in [0.15, 0.2) is 5.38 Å². The van der Waals surface area contributed by atoms with Crippen LogP contribution in [-0.4, -0.2) is 41.6 Å². The van der Waals surface area contributed by atoms with E-state index in [1.165, 1.54) is 11.3 Å². The number of anilines is 1. The third kappa shape index (κ3) is 4.18. The van der Waals surface area contributed by atoms with E-state index in [-0.39, 0.29) is 12.0 Å². The Morgan fingerprint density at radius 3 is 3.21 bits per heavy atom. The average molecular weight is 283 g/mol. The van der Waals surface area contributed by atoms with Crippen molar-refractivity contribution in [2.45, 2.75) is 38.7 Å². The molecular formula is C13H21N3O2S. The molecular weight excluding hydrogens is 262 g/mol. The number of rotatable bonds is 5. The van der Waals surface area contributed by atoms with Crippen molar-refractivity contribution in [1.82, 2.24) is 9.88 Å². The number of nitrogens with zero attached hydrogens (tertiary/aromatic N) is 2.